The summed E-state index contributed by atoms with van der Waals surface area (Å²) in [6.45, 7) is 4.03. The van der Waals surface area contributed by atoms with Crippen LogP contribution < -0.4 is 0 Å². The van der Waals surface area contributed by atoms with Crippen molar-refractivity contribution < 1.29 is 12.6 Å². The molecule has 0 saturated carbocycles. The predicted octanol–water partition coefficient (Wildman–Crippen LogP) is 3.36. The molecule has 0 saturated heterocycles. The van der Waals surface area contributed by atoms with Gasteiger partial charge in [0.1, 0.15) is 0 Å². The fourth-order valence-electron chi connectivity index (χ4n) is 1.57. The Morgan fingerprint density at radius 2 is 1.82 bits per heavy atom. The lowest BCUT2D eigenvalue weighted by Gasteiger charge is -2.15. The minimum Gasteiger partial charge on any atom is -0.263 e. The molecule has 1 aromatic rings. The van der Waals surface area contributed by atoms with Crippen LogP contribution in [0, 0.1) is 0 Å². The van der Waals surface area contributed by atoms with Crippen molar-refractivity contribution in [1.82, 2.24) is 0 Å². The van der Waals surface area contributed by atoms with Crippen LogP contribution in [0.25, 0.3) is 0 Å². The second-order valence-electron chi connectivity index (χ2n) is 4.04. The van der Waals surface area contributed by atoms with Gasteiger partial charge in [-0.2, -0.15) is 8.42 Å². The Hall–Kier alpha value is -0.870. The molecule has 0 radical (unpaired) electrons. The number of rotatable bonds is 7. The molecular weight excluding hydrogens is 236 g/mol. The first-order valence-electron chi connectivity index (χ1n) is 6.08. The number of hydrogen-bond acceptors (Lipinski definition) is 3. The third kappa shape index (κ3) is 4.48. The van der Waals surface area contributed by atoms with Gasteiger partial charge in [-0.3, -0.25) is 4.18 Å². The lowest BCUT2D eigenvalue weighted by molar-refractivity contribution is 0.191. The molecule has 0 heterocycles. The zero-order valence-electron chi connectivity index (χ0n) is 10.4. The Bertz CT molecular complexity index is 412. The van der Waals surface area contributed by atoms with E-state index >= 15 is 0 Å². The maximum Gasteiger partial charge on any atom is 0.297 e. The van der Waals surface area contributed by atoms with Crippen molar-refractivity contribution in [3.05, 3.63) is 30.3 Å². The summed E-state index contributed by atoms with van der Waals surface area (Å²) in [5, 5.41) is 0. The van der Waals surface area contributed by atoms with Gasteiger partial charge >= 0.3 is 0 Å². The highest BCUT2D eigenvalue weighted by Crippen LogP contribution is 2.18. The first-order chi connectivity index (χ1) is 8.10. The van der Waals surface area contributed by atoms with Gasteiger partial charge in [-0.25, -0.2) is 0 Å². The van der Waals surface area contributed by atoms with Crippen LogP contribution in [-0.4, -0.2) is 14.5 Å². The molecule has 0 fully saturated rings. The van der Waals surface area contributed by atoms with E-state index in [0.29, 0.717) is 6.42 Å². The van der Waals surface area contributed by atoms with Crippen molar-refractivity contribution >= 4 is 10.1 Å². The number of unbranched alkanes of at least 4 members (excludes halogenated alkanes) is 1. The molecule has 1 unspecified atom stereocenters. The minimum absolute atomic E-state index is 0.208. The molecular formula is C13H20O3S. The Morgan fingerprint density at radius 3 is 2.35 bits per heavy atom. The first kappa shape index (κ1) is 14.2. The van der Waals surface area contributed by atoms with E-state index in [-0.39, 0.29) is 11.0 Å². The Balaban J connectivity index is 2.72. The summed E-state index contributed by atoms with van der Waals surface area (Å²) in [5.74, 6) is 0. The topological polar surface area (TPSA) is 43.4 Å². The molecule has 0 bridgehead atoms. The first-order valence-corrected chi connectivity index (χ1v) is 7.49. The van der Waals surface area contributed by atoms with E-state index < -0.39 is 10.1 Å². The zero-order valence-corrected chi connectivity index (χ0v) is 11.2. The number of hydrogen-bond donors (Lipinski definition) is 0. The Morgan fingerprint density at radius 1 is 1.18 bits per heavy atom. The second kappa shape index (κ2) is 6.77. The van der Waals surface area contributed by atoms with Gasteiger partial charge in [0.25, 0.3) is 10.1 Å². The van der Waals surface area contributed by atoms with Crippen molar-refractivity contribution in [3.63, 3.8) is 0 Å². The van der Waals surface area contributed by atoms with Crippen LogP contribution in [0.4, 0.5) is 0 Å². The fourth-order valence-corrected chi connectivity index (χ4v) is 2.77. The monoisotopic (exact) mass is 256 g/mol. The third-order valence-corrected chi connectivity index (χ3v) is 4.00. The molecule has 1 rings (SSSR count). The van der Waals surface area contributed by atoms with E-state index in [1.165, 1.54) is 0 Å². The van der Waals surface area contributed by atoms with E-state index in [2.05, 4.69) is 6.92 Å². The second-order valence-corrected chi connectivity index (χ2v) is 5.61. The van der Waals surface area contributed by atoms with Crippen LogP contribution in [0.15, 0.2) is 35.2 Å². The molecule has 96 valence electrons. The van der Waals surface area contributed by atoms with Crippen molar-refractivity contribution in [2.45, 2.75) is 50.5 Å². The van der Waals surface area contributed by atoms with E-state index in [9.17, 15) is 8.42 Å². The standard InChI is InChI=1S/C13H20O3S/c1-3-5-9-12(4-2)16-17(14,15)13-10-7-6-8-11-13/h6-8,10-12H,3-5,9H2,1-2H3. The summed E-state index contributed by atoms with van der Waals surface area (Å²) < 4.78 is 29.1. The maximum atomic E-state index is 11.9. The van der Waals surface area contributed by atoms with Gasteiger partial charge in [0, 0.05) is 0 Å². The average molecular weight is 256 g/mol. The molecule has 0 aliphatic rings. The molecule has 3 nitrogen and oxygen atoms in total. The normalized spacial score (nSPS) is 13.5. The fraction of sp³-hybridized carbons (Fsp3) is 0.538. The highest BCUT2D eigenvalue weighted by molar-refractivity contribution is 7.86. The predicted molar refractivity (Wildman–Crippen MR) is 68.3 cm³/mol. The van der Waals surface area contributed by atoms with Crippen LogP contribution in [0.1, 0.15) is 39.5 Å². The molecule has 1 atom stereocenters. The van der Waals surface area contributed by atoms with Gasteiger partial charge in [-0.1, -0.05) is 44.9 Å². The smallest absolute Gasteiger partial charge is 0.263 e. The van der Waals surface area contributed by atoms with Crippen LogP contribution in [0.2, 0.25) is 0 Å². The molecule has 17 heavy (non-hydrogen) atoms. The van der Waals surface area contributed by atoms with E-state index in [1.54, 1.807) is 30.3 Å². The lowest BCUT2D eigenvalue weighted by atomic mass is 10.1. The van der Waals surface area contributed by atoms with E-state index in [4.69, 9.17) is 4.18 Å². The van der Waals surface area contributed by atoms with E-state index in [1.807, 2.05) is 6.92 Å². The molecule has 1 aromatic carbocycles. The summed E-state index contributed by atoms with van der Waals surface area (Å²) in [4.78, 5) is 0.231. The molecule has 0 spiro atoms. The summed E-state index contributed by atoms with van der Waals surface area (Å²) in [6.07, 6.45) is 3.33. The van der Waals surface area contributed by atoms with Gasteiger partial charge in [-0.05, 0) is 25.0 Å². The van der Waals surface area contributed by atoms with Gasteiger partial charge in [-0.15, -0.1) is 0 Å². The van der Waals surface area contributed by atoms with Crippen molar-refractivity contribution in [3.8, 4) is 0 Å². The molecule has 0 aromatic heterocycles. The summed E-state index contributed by atoms with van der Waals surface area (Å²) >= 11 is 0. The Kier molecular flexibility index (Phi) is 5.65. The van der Waals surface area contributed by atoms with Crippen LogP contribution >= 0.6 is 0 Å². The SMILES string of the molecule is CCCCC(CC)OS(=O)(=O)c1ccccc1. The molecule has 0 amide bonds. The Labute approximate surface area is 104 Å². The third-order valence-electron chi connectivity index (χ3n) is 2.63. The maximum absolute atomic E-state index is 11.9. The average Bonchev–Trinajstić information content (AvgIpc) is 2.35. The molecule has 0 aliphatic carbocycles. The van der Waals surface area contributed by atoms with Gasteiger partial charge in [0.05, 0.1) is 11.0 Å². The number of benzene rings is 1. The van der Waals surface area contributed by atoms with Gasteiger partial charge < -0.3 is 0 Å². The molecule has 4 heteroatoms. The van der Waals surface area contributed by atoms with Gasteiger partial charge in [0.2, 0.25) is 0 Å². The molecule has 0 N–H and O–H groups in total. The molecule has 0 aliphatic heterocycles. The largest absolute Gasteiger partial charge is 0.297 e. The van der Waals surface area contributed by atoms with Crippen molar-refractivity contribution in [2.75, 3.05) is 0 Å². The minimum atomic E-state index is -3.60. The highest BCUT2D eigenvalue weighted by Gasteiger charge is 2.19. The quantitative estimate of drug-likeness (QED) is 0.703. The highest BCUT2D eigenvalue weighted by atomic mass is 32.2. The summed E-state index contributed by atoms with van der Waals surface area (Å²) in [5.41, 5.74) is 0. The summed E-state index contributed by atoms with van der Waals surface area (Å²) in [7, 11) is -3.60. The van der Waals surface area contributed by atoms with Crippen LogP contribution in [0.5, 0.6) is 0 Å². The summed E-state index contributed by atoms with van der Waals surface area (Å²) in [6, 6.07) is 8.30. The lowest BCUT2D eigenvalue weighted by Crippen LogP contribution is -2.17. The zero-order chi connectivity index (χ0) is 12.7. The van der Waals surface area contributed by atoms with Crippen LogP contribution in [-0.2, 0) is 14.3 Å². The van der Waals surface area contributed by atoms with E-state index in [0.717, 1.165) is 19.3 Å². The van der Waals surface area contributed by atoms with Crippen molar-refractivity contribution in [2.24, 2.45) is 0 Å². The van der Waals surface area contributed by atoms with Gasteiger partial charge in [0.15, 0.2) is 0 Å². The van der Waals surface area contributed by atoms with Crippen LogP contribution in [0.3, 0.4) is 0 Å². The van der Waals surface area contributed by atoms with Crippen molar-refractivity contribution in [1.29, 1.82) is 0 Å².